The van der Waals surface area contributed by atoms with Gasteiger partial charge in [0.2, 0.25) is 5.91 Å². The normalized spacial score (nSPS) is 17.8. The molecule has 1 aromatic heterocycles. The third-order valence-corrected chi connectivity index (χ3v) is 6.11. The second-order valence-corrected chi connectivity index (χ2v) is 8.88. The van der Waals surface area contributed by atoms with Gasteiger partial charge >= 0.3 is 0 Å². The lowest BCUT2D eigenvalue weighted by Crippen LogP contribution is -2.25. The SMILES string of the molecule is O=C1N/C(=N\N=C/c2ccc(-c3cc(Cl)ccc3Cl)o2)S[C@@H]1Cc1cccc(Cl)c1. The van der Waals surface area contributed by atoms with Crippen LogP contribution in [0.3, 0.4) is 0 Å². The molecular formula is C21H14Cl3N3O2S. The van der Waals surface area contributed by atoms with Crippen LogP contribution in [0.25, 0.3) is 11.3 Å². The molecule has 1 atom stereocenters. The quantitative estimate of drug-likeness (QED) is 0.357. The molecule has 5 nitrogen and oxygen atoms in total. The number of halogens is 3. The standard InChI is InChI=1S/C21H14Cl3N3O2S/c22-13-3-1-2-12(8-13)9-19-20(28)26-21(30-19)27-25-11-15-5-7-18(29-15)16-10-14(23)4-6-17(16)24/h1-8,10-11,19H,9H2,(H,26,27,28)/b25-11-/t19-/m1/s1. The summed E-state index contributed by atoms with van der Waals surface area (Å²) < 4.78 is 5.73. The molecule has 0 spiro atoms. The Kier molecular flexibility index (Phi) is 6.49. The summed E-state index contributed by atoms with van der Waals surface area (Å²) >= 11 is 19.6. The van der Waals surface area contributed by atoms with Crippen LogP contribution in [-0.4, -0.2) is 22.5 Å². The van der Waals surface area contributed by atoms with Gasteiger partial charge in [-0.1, -0.05) is 58.7 Å². The van der Waals surface area contributed by atoms with Gasteiger partial charge in [-0.15, -0.1) is 5.10 Å². The van der Waals surface area contributed by atoms with E-state index in [4.69, 9.17) is 39.2 Å². The first-order chi connectivity index (χ1) is 14.5. The molecule has 4 rings (SSSR count). The van der Waals surface area contributed by atoms with E-state index in [-0.39, 0.29) is 11.2 Å². The van der Waals surface area contributed by atoms with Crippen molar-refractivity contribution in [2.75, 3.05) is 0 Å². The minimum Gasteiger partial charge on any atom is -0.455 e. The van der Waals surface area contributed by atoms with Crippen molar-refractivity contribution in [3.8, 4) is 11.3 Å². The number of amides is 1. The van der Waals surface area contributed by atoms with Gasteiger partial charge in [0.15, 0.2) is 5.17 Å². The van der Waals surface area contributed by atoms with E-state index >= 15 is 0 Å². The molecular weight excluding hydrogens is 465 g/mol. The number of carbonyl (C=O) groups is 1. The second-order valence-electron chi connectivity index (χ2n) is 6.41. The molecule has 3 aromatic rings. The summed E-state index contributed by atoms with van der Waals surface area (Å²) in [5.74, 6) is 0.960. The summed E-state index contributed by atoms with van der Waals surface area (Å²) in [6, 6.07) is 16.1. The van der Waals surface area contributed by atoms with Gasteiger partial charge in [0.25, 0.3) is 0 Å². The Bertz CT molecular complexity index is 1160. The topological polar surface area (TPSA) is 67.0 Å². The van der Waals surface area contributed by atoms with E-state index in [9.17, 15) is 4.79 Å². The number of nitrogens with zero attached hydrogens (tertiary/aromatic N) is 2. The van der Waals surface area contributed by atoms with Crippen LogP contribution in [0.4, 0.5) is 0 Å². The number of benzene rings is 2. The number of hydrogen-bond donors (Lipinski definition) is 1. The van der Waals surface area contributed by atoms with Crippen LogP contribution in [-0.2, 0) is 11.2 Å². The van der Waals surface area contributed by atoms with Crippen molar-refractivity contribution in [2.45, 2.75) is 11.7 Å². The van der Waals surface area contributed by atoms with Crippen LogP contribution in [0.2, 0.25) is 15.1 Å². The molecule has 1 aliphatic rings. The maximum atomic E-state index is 12.2. The fourth-order valence-corrected chi connectivity index (χ4v) is 4.42. The number of rotatable bonds is 5. The molecule has 1 N–H and O–H groups in total. The molecule has 0 saturated carbocycles. The first kappa shape index (κ1) is 21.0. The largest absolute Gasteiger partial charge is 0.455 e. The molecule has 1 saturated heterocycles. The monoisotopic (exact) mass is 477 g/mol. The maximum absolute atomic E-state index is 12.2. The molecule has 1 fully saturated rings. The molecule has 0 unspecified atom stereocenters. The van der Waals surface area contributed by atoms with E-state index < -0.39 is 0 Å². The number of nitrogens with one attached hydrogen (secondary N) is 1. The zero-order valence-corrected chi connectivity index (χ0v) is 18.4. The zero-order chi connectivity index (χ0) is 21.1. The van der Waals surface area contributed by atoms with Crippen molar-refractivity contribution in [1.29, 1.82) is 0 Å². The second kappa shape index (κ2) is 9.27. The lowest BCUT2D eigenvalue weighted by atomic mass is 10.1. The fraction of sp³-hybridized carbons (Fsp3) is 0.0952. The number of hydrogen-bond acceptors (Lipinski definition) is 5. The number of carbonyl (C=O) groups excluding carboxylic acids is 1. The predicted molar refractivity (Wildman–Crippen MR) is 124 cm³/mol. The predicted octanol–water partition coefficient (Wildman–Crippen LogP) is 6.07. The van der Waals surface area contributed by atoms with E-state index in [0.29, 0.717) is 43.7 Å². The summed E-state index contributed by atoms with van der Waals surface area (Å²) in [7, 11) is 0. The van der Waals surface area contributed by atoms with Crippen molar-refractivity contribution in [2.24, 2.45) is 10.2 Å². The Labute approximate surface area is 192 Å². The van der Waals surface area contributed by atoms with Crippen LogP contribution in [0, 0.1) is 0 Å². The van der Waals surface area contributed by atoms with E-state index in [1.807, 2.05) is 18.2 Å². The summed E-state index contributed by atoms with van der Waals surface area (Å²) in [6.45, 7) is 0. The molecule has 1 amide bonds. The average Bonchev–Trinajstić information content (AvgIpc) is 3.31. The third-order valence-electron chi connectivity index (χ3n) is 4.24. The van der Waals surface area contributed by atoms with Gasteiger partial charge in [-0.05, 0) is 54.4 Å². The summed E-state index contributed by atoms with van der Waals surface area (Å²) in [5.41, 5.74) is 1.68. The van der Waals surface area contributed by atoms with Gasteiger partial charge < -0.3 is 9.73 Å². The fourth-order valence-electron chi connectivity index (χ4n) is 2.86. The average molecular weight is 479 g/mol. The Balaban J connectivity index is 1.41. The van der Waals surface area contributed by atoms with Gasteiger partial charge in [0, 0.05) is 15.6 Å². The first-order valence-electron chi connectivity index (χ1n) is 8.86. The Morgan fingerprint density at radius 2 is 1.90 bits per heavy atom. The summed E-state index contributed by atoms with van der Waals surface area (Å²) in [6.07, 6.45) is 2.02. The highest BCUT2D eigenvalue weighted by molar-refractivity contribution is 8.15. The molecule has 0 radical (unpaired) electrons. The van der Waals surface area contributed by atoms with E-state index in [2.05, 4.69) is 15.5 Å². The van der Waals surface area contributed by atoms with E-state index in [1.165, 1.54) is 18.0 Å². The van der Waals surface area contributed by atoms with Crippen LogP contribution in [0.15, 0.2) is 69.2 Å². The van der Waals surface area contributed by atoms with Gasteiger partial charge in [0.1, 0.15) is 11.5 Å². The van der Waals surface area contributed by atoms with Gasteiger partial charge in [-0.25, -0.2) is 0 Å². The minimum absolute atomic E-state index is 0.107. The number of amidine groups is 1. The van der Waals surface area contributed by atoms with Crippen LogP contribution < -0.4 is 5.32 Å². The maximum Gasteiger partial charge on any atom is 0.239 e. The molecule has 152 valence electrons. The van der Waals surface area contributed by atoms with E-state index in [1.54, 1.807) is 36.4 Å². The van der Waals surface area contributed by atoms with Crippen molar-refractivity contribution < 1.29 is 9.21 Å². The molecule has 30 heavy (non-hydrogen) atoms. The molecule has 1 aliphatic heterocycles. The molecule has 0 aliphatic carbocycles. The molecule has 9 heteroatoms. The summed E-state index contributed by atoms with van der Waals surface area (Å²) in [5, 5.41) is 12.7. The highest BCUT2D eigenvalue weighted by Gasteiger charge is 2.30. The molecule has 2 heterocycles. The summed E-state index contributed by atoms with van der Waals surface area (Å²) in [4.78, 5) is 12.2. The smallest absolute Gasteiger partial charge is 0.239 e. The number of furan rings is 1. The van der Waals surface area contributed by atoms with Crippen LogP contribution in [0.5, 0.6) is 0 Å². The number of thioether (sulfide) groups is 1. The lowest BCUT2D eigenvalue weighted by molar-refractivity contribution is -0.118. The van der Waals surface area contributed by atoms with Crippen LogP contribution in [0.1, 0.15) is 11.3 Å². The van der Waals surface area contributed by atoms with Crippen molar-refractivity contribution in [3.05, 3.63) is 81.0 Å². The van der Waals surface area contributed by atoms with Gasteiger partial charge in [0.05, 0.1) is 16.5 Å². The molecule has 2 aromatic carbocycles. The molecule has 0 bridgehead atoms. The highest BCUT2D eigenvalue weighted by atomic mass is 35.5. The van der Waals surface area contributed by atoms with Crippen molar-refractivity contribution in [3.63, 3.8) is 0 Å². The van der Waals surface area contributed by atoms with Gasteiger partial charge in [-0.3, -0.25) is 4.79 Å². The Hall–Kier alpha value is -2.25. The third kappa shape index (κ3) is 5.08. The Morgan fingerprint density at radius 3 is 2.73 bits per heavy atom. The van der Waals surface area contributed by atoms with Gasteiger partial charge in [-0.2, -0.15) is 5.10 Å². The zero-order valence-electron chi connectivity index (χ0n) is 15.3. The lowest BCUT2D eigenvalue weighted by Gasteiger charge is -2.05. The first-order valence-corrected chi connectivity index (χ1v) is 10.9. The Morgan fingerprint density at radius 1 is 1.07 bits per heavy atom. The van der Waals surface area contributed by atoms with Crippen LogP contribution >= 0.6 is 46.6 Å². The van der Waals surface area contributed by atoms with E-state index in [0.717, 1.165) is 5.56 Å². The van der Waals surface area contributed by atoms with Crippen molar-refractivity contribution in [1.82, 2.24) is 5.32 Å². The highest BCUT2D eigenvalue weighted by Crippen LogP contribution is 2.31. The minimum atomic E-state index is -0.280. The van der Waals surface area contributed by atoms with Crippen molar-refractivity contribution >= 4 is 63.9 Å².